The number of hydrogen-bond donors (Lipinski definition) is 1. The Labute approximate surface area is 205 Å². The van der Waals surface area contributed by atoms with Crippen molar-refractivity contribution >= 4 is 45.2 Å². The summed E-state index contributed by atoms with van der Waals surface area (Å²) in [6.07, 6.45) is -2.34. The van der Waals surface area contributed by atoms with Crippen LogP contribution in [0.5, 0.6) is 0 Å². The average molecular weight is 521 g/mol. The number of alkyl halides is 3. The highest BCUT2D eigenvalue weighted by molar-refractivity contribution is 7.17. The van der Waals surface area contributed by atoms with Gasteiger partial charge in [-0.1, -0.05) is 13.0 Å². The molecule has 35 heavy (non-hydrogen) atoms. The van der Waals surface area contributed by atoms with Crippen LogP contribution in [0.4, 0.5) is 18.2 Å². The van der Waals surface area contributed by atoms with E-state index in [1.54, 1.807) is 17.5 Å². The zero-order valence-corrected chi connectivity index (χ0v) is 20.2. The Morgan fingerprint density at radius 3 is 2.77 bits per heavy atom. The van der Waals surface area contributed by atoms with Crippen LogP contribution in [-0.4, -0.2) is 33.6 Å². The van der Waals surface area contributed by atoms with Gasteiger partial charge in [0.15, 0.2) is 17.0 Å². The van der Waals surface area contributed by atoms with Gasteiger partial charge in [0.25, 0.3) is 5.91 Å². The van der Waals surface area contributed by atoms with E-state index >= 15 is 0 Å². The molecule has 0 spiro atoms. The molecule has 5 rings (SSSR count). The number of methoxy groups -OCH3 is 1. The lowest BCUT2D eigenvalue weighted by Gasteiger charge is -2.18. The molecule has 4 aromatic heterocycles. The fourth-order valence-corrected chi connectivity index (χ4v) is 6.24. The minimum absolute atomic E-state index is 0.110. The van der Waals surface area contributed by atoms with Gasteiger partial charge < -0.3 is 10.1 Å². The predicted molar refractivity (Wildman–Crippen MR) is 126 cm³/mol. The lowest BCUT2D eigenvalue weighted by molar-refractivity contribution is -0.142. The molecule has 0 unspecified atom stereocenters. The van der Waals surface area contributed by atoms with Gasteiger partial charge in [-0.3, -0.25) is 4.79 Å². The highest BCUT2D eigenvalue weighted by Crippen LogP contribution is 2.40. The Balaban J connectivity index is 1.54. The highest BCUT2D eigenvalue weighted by atomic mass is 32.1. The molecule has 1 atom stereocenters. The summed E-state index contributed by atoms with van der Waals surface area (Å²) in [5, 5.41) is 8.62. The molecule has 0 aliphatic heterocycles. The number of aromatic nitrogens is 3. The van der Waals surface area contributed by atoms with Crippen LogP contribution in [0.3, 0.4) is 0 Å². The summed E-state index contributed by atoms with van der Waals surface area (Å²) in [5.41, 5.74) is -0.110. The van der Waals surface area contributed by atoms with Gasteiger partial charge in [0.05, 0.1) is 23.2 Å². The van der Waals surface area contributed by atoms with Crippen molar-refractivity contribution in [2.75, 3.05) is 12.4 Å². The molecule has 1 aliphatic carbocycles. The summed E-state index contributed by atoms with van der Waals surface area (Å²) in [6, 6.07) is 5.50. The van der Waals surface area contributed by atoms with E-state index in [9.17, 15) is 22.8 Å². The predicted octanol–water partition coefficient (Wildman–Crippen LogP) is 5.70. The van der Waals surface area contributed by atoms with Crippen LogP contribution in [0.2, 0.25) is 0 Å². The second kappa shape index (κ2) is 8.76. The van der Waals surface area contributed by atoms with Crippen LogP contribution in [-0.2, 0) is 23.8 Å². The van der Waals surface area contributed by atoms with E-state index in [2.05, 4.69) is 22.3 Å². The Kier molecular flexibility index (Phi) is 5.88. The minimum Gasteiger partial charge on any atom is -0.465 e. The quantitative estimate of drug-likeness (QED) is 0.349. The molecule has 4 aromatic rings. The van der Waals surface area contributed by atoms with Gasteiger partial charge in [-0.05, 0) is 48.3 Å². The van der Waals surface area contributed by atoms with Crippen molar-refractivity contribution < 1.29 is 27.5 Å². The van der Waals surface area contributed by atoms with E-state index < -0.39 is 23.7 Å². The smallest absolute Gasteiger partial charge is 0.433 e. The summed E-state index contributed by atoms with van der Waals surface area (Å²) in [7, 11) is 1.26. The van der Waals surface area contributed by atoms with E-state index in [1.807, 2.05) is 0 Å². The molecule has 0 radical (unpaired) electrons. The second-order valence-corrected chi connectivity index (χ2v) is 10.4. The van der Waals surface area contributed by atoms with Crippen molar-refractivity contribution in [2.45, 2.75) is 32.4 Å². The highest BCUT2D eigenvalue weighted by Gasteiger charge is 2.36. The summed E-state index contributed by atoms with van der Waals surface area (Å²) in [6.45, 7) is 2.12. The van der Waals surface area contributed by atoms with Crippen LogP contribution in [0.15, 0.2) is 29.6 Å². The zero-order valence-electron chi connectivity index (χ0n) is 18.6. The number of nitrogens with one attached hydrogen (secondary N) is 1. The standard InChI is InChI=1S/C23H19F3N4O3S2/c1-11-5-6-12-16(8-11)35-21(19(12)22(32)33-2)28-20(31)14-10-18-27-13(15-4-3-7-34-15)9-17(23(24,25)26)30(18)29-14/h3-4,7,9-11H,5-6,8H2,1-2H3,(H,28,31)/t11-/m1/s1. The Morgan fingerprint density at radius 1 is 1.29 bits per heavy atom. The summed E-state index contributed by atoms with van der Waals surface area (Å²) < 4.78 is 47.0. The molecule has 0 saturated heterocycles. The number of rotatable bonds is 4. The van der Waals surface area contributed by atoms with E-state index in [-0.39, 0.29) is 17.0 Å². The second-order valence-electron chi connectivity index (χ2n) is 8.30. The maximum Gasteiger partial charge on any atom is 0.433 e. The number of amides is 1. The number of anilines is 1. The summed E-state index contributed by atoms with van der Waals surface area (Å²) in [5.74, 6) is -0.861. The number of esters is 1. The molecular formula is C23H19F3N4O3S2. The molecule has 182 valence electrons. The van der Waals surface area contributed by atoms with E-state index in [0.29, 0.717) is 32.3 Å². The van der Waals surface area contributed by atoms with Crippen LogP contribution < -0.4 is 5.32 Å². The normalized spacial score (nSPS) is 15.7. The van der Waals surface area contributed by atoms with Gasteiger partial charge in [0.2, 0.25) is 0 Å². The van der Waals surface area contributed by atoms with Crippen LogP contribution >= 0.6 is 22.7 Å². The molecule has 0 fully saturated rings. The molecule has 1 aliphatic rings. The van der Waals surface area contributed by atoms with E-state index in [0.717, 1.165) is 29.3 Å². The first kappa shape index (κ1) is 23.5. The molecule has 0 bridgehead atoms. The topological polar surface area (TPSA) is 85.6 Å². The van der Waals surface area contributed by atoms with E-state index in [4.69, 9.17) is 4.74 Å². The molecule has 1 N–H and O–H groups in total. The van der Waals surface area contributed by atoms with Gasteiger partial charge in [0.1, 0.15) is 5.00 Å². The fourth-order valence-electron chi connectivity index (χ4n) is 4.16. The fraction of sp³-hybridized carbons (Fsp3) is 0.304. The average Bonchev–Trinajstić information content (AvgIpc) is 3.54. The van der Waals surface area contributed by atoms with Gasteiger partial charge in [-0.2, -0.15) is 18.3 Å². The lowest BCUT2D eigenvalue weighted by atomic mass is 9.88. The maximum absolute atomic E-state index is 13.8. The van der Waals surface area contributed by atoms with Crippen molar-refractivity contribution in [3.8, 4) is 10.6 Å². The lowest BCUT2D eigenvalue weighted by Crippen LogP contribution is -2.17. The number of ether oxygens (including phenoxy) is 1. The van der Waals surface area contributed by atoms with Crippen LogP contribution in [0, 0.1) is 5.92 Å². The summed E-state index contributed by atoms with van der Waals surface area (Å²) >= 11 is 2.54. The Hall–Kier alpha value is -3.25. The SMILES string of the molecule is COC(=O)c1c(NC(=O)c2cc3nc(-c4cccs4)cc(C(F)(F)F)n3n2)sc2c1CC[C@@H](C)C2. The molecule has 12 heteroatoms. The van der Waals surface area contributed by atoms with Gasteiger partial charge in [-0.15, -0.1) is 22.7 Å². The van der Waals surface area contributed by atoms with Gasteiger partial charge in [0, 0.05) is 10.9 Å². The van der Waals surface area contributed by atoms with Crippen molar-refractivity contribution in [3.63, 3.8) is 0 Å². The van der Waals surface area contributed by atoms with Crippen molar-refractivity contribution in [1.29, 1.82) is 0 Å². The van der Waals surface area contributed by atoms with Gasteiger partial charge in [-0.25, -0.2) is 14.3 Å². The Bertz CT molecular complexity index is 1440. The number of thiophene rings is 2. The minimum atomic E-state index is -4.71. The number of carbonyl (C=O) groups is 2. The van der Waals surface area contributed by atoms with Crippen molar-refractivity contribution in [1.82, 2.24) is 14.6 Å². The third kappa shape index (κ3) is 4.31. The first-order valence-electron chi connectivity index (χ1n) is 10.7. The molecular weight excluding hydrogens is 501 g/mol. The van der Waals surface area contributed by atoms with Crippen LogP contribution in [0.25, 0.3) is 16.2 Å². The first-order valence-corrected chi connectivity index (χ1v) is 12.4. The number of fused-ring (bicyclic) bond motifs is 2. The number of hydrogen-bond acceptors (Lipinski definition) is 7. The number of halogens is 3. The van der Waals surface area contributed by atoms with Crippen LogP contribution in [0.1, 0.15) is 50.3 Å². The molecule has 4 heterocycles. The maximum atomic E-state index is 13.8. The van der Waals surface area contributed by atoms with Gasteiger partial charge >= 0.3 is 12.1 Å². The number of carbonyl (C=O) groups excluding carboxylic acids is 2. The first-order chi connectivity index (χ1) is 16.7. The van der Waals surface area contributed by atoms with Crippen molar-refractivity contribution in [3.05, 3.63) is 57.0 Å². The zero-order chi connectivity index (χ0) is 24.9. The summed E-state index contributed by atoms with van der Waals surface area (Å²) in [4.78, 5) is 31.4. The monoisotopic (exact) mass is 520 g/mol. The molecule has 7 nitrogen and oxygen atoms in total. The number of nitrogens with zero attached hydrogens (tertiary/aromatic N) is 3. The third-order valence-corrected chi connectivity index (χ3v) is 7.91. The molecule has 1 amide bonds. The Morgan fingerprint density at radius 2 is 2.09 bits per heavy atom. The van der Waals surface area contributed by atoms with Crippen molar-refractivity contribution in [2.24, 2.45) is 5.92 Å². The molecule has 0 aromatic carbocycles. The largest absolute Gasteiger partial charge is 0.465 e. The van der Waals surface area contributed by atoms with E-state index in [1.165, 1.54) is 35.8 Å². The third-order valence-electron chi connectivity index (χ3n) is 5.85. The molecule has 0 saturated carbocycles.